The third-order valence-corrected chi connectivity index (χ3v) is 2.55. The van der Waals surface area contributed by atoms with Gasteiger partial charge in [-0.05, 0) is 29.5 Å². The average Bonchev–Trinajstić information content (AvgIpc) is 2.11. The van der Waals surface area contributed by atoms with Gasteiger partial charge in [-0.3, -0.25) is 0 Å². The lowest BCUT2D eigenvalue weighted by molar-refractivity contribution is 0.325. The Bertz CT molecular complexity index is 260. The molecule has 0 N–H and O–H groups in total. The van der Waals surface area contributed by atoms with Crippen molar-refractivity contribution in [2.24, 2.45) is 0 Å². The molecule has 11 heavy (non-hydrogen) atoms. The Labute approximate surface area is 80.5 Å². The molecule has 3 heteroatoms. The molecule has 0 aliphatic carbocycles. The van der Waals surface area contributed by atoms with Crippen molar-refractivity contribution in [1.29, 1.82) is 0 Å². The first-order valence-corrected chi connectivity index (χ1v) is 4.63. The van der Waals surface area contributed by atoms with Gasteiger partial charge in [0.1, 0.15) is 9.46 Å². The van der Waals surface area contributed by atoms with Gasteiger partial charge in [0.05, 0.1) is 0 Å². The van der Waals surface area contributed by atoms with Crippen molar-refractivity contribution < 1.29 is 4.52 Å². The summed E-state index contributed by atoms with van der Waals surface area (Å²) in [5.41, 5.74) is 1.23. The highest BCUT2D eigenvalue weighted by Gasteiger charge is 2.22. The Morgan fingerprint density at radius 1 is 1.36 bits per heavy atom. The summed E-state index contributed by atoms with van der Waals surface area (Å²) in [6.07, 6.45) is 0. The zero-order valence-electron chi connectivity index (χ0n) is 7.23. The van der Waals surface area contributed by atoms with E-state index in [4.69, 9.17) is 4.52 Å². The fraction of sp³-hybridized carbons (Fsp3) is 0.625. The van der Waals surface area contributed by atoms with Crippen molar-refractivity contribution in [1.82, 2.24) is 5.16 Å². The molecule has 0 aromatic carbocycles. The molecule has 0 unspecified atom stereocenters. The highest BCUT2D eigenvalue weighted by molar-refractivity contribution is 14.1. The van der Waals surface area contributed by atoms with Gasteiger partial charge < -0.3 is 4.52 Å². The van der Waals surface area contributed by atoms with E-state index in [1.807, 2.05) is 6.92 Å². The summed E-state index contributed by atoms with van der Waals surface area (Å²) >= 11 is 2.18. The summed E-state index contributed by atoms with van der Waals surface area (Å²) < 4.78 is 6.17. The fourth-order valence-electron chi connectivity index (χ4n) is 1.02. The van der Waals surface area contributed by atoms with E-state index >= 15 is 0 Å². The fourth-order valence-corrected chi connectivity index (χ4v) is 1.36. The van der Waals surface area contributed by atoms with Crippen LogP contribution in [0, 0.1) is 10.6 Å². The zero-order chi connectivity index (χ0) is 8.65. The van der Waals surface area contributed by atoms with Crippen LogP contribution in [0.15, 0.2) is 4.52 Å². The maximum absolute atomic E-state index is 5.20. The molecule has 0 radical (unpaired) electrons. The van der Waals surface area contributed by atoms with Crippen LogP contribution in [0.25, 0.3) is 0 Å². The van der Waals surface area contributed by atoms with Gasteiger partial charge in [-0.1, -0.05) is 25.9 Å². The molecule has 0 spiro atoms. The van der Waals surface area contributed by atoms with Crippen LogP contribution < -0.4 is 0 Å². The van der Waals surface area contributed by atoms with Crippen molar-refractivity contribution in [2.45, 2.75) is 33.1 Å². The van der Waals surface area contributed by atoms with E-state index in [1.165, 1.54) is 0 Å². The normalized spacial score (nSPS) is 12.1. The highest BCUT2D eigenvalue weighted by atomic mass is 127. The van der Waals surface area contributed by atoms with E-state index in [2.05, 4.69) is 48.5 Å². The monoisotopic (exact) mass is 265 g/mol. The van der Waals surface area contributed by atoms with E-state index in [1.54, 1.807) is 0 Å². The van der Waals surface area contributed by atoms with Crippen LogP contribution in [0.4, 0.5) is 0 Å². The Morgan fingerprint density at radius 3 is 2.09 bits per heavy atom. The van der Waals surface area contributed by atoms with Gasteiger partial charge in [-0.2, -0.15) is 0 Å². The van der Waals surface area contributed by atoms with Crippen LogP contribution in [0.3, 0.4) is 0 Å². The van der Waals surface area contributed by atoms with Gasteiger partial charge >= 0.3 is 0 Å². The van der Waals surface area contributed by atoms with Crippen LogP contribution in [0.1, 0.15) is 32.1 Å². The van der Waals surface area contributed by atoms with Crippen molar-refractivity contribution in [3.63, 3.8) is 0 Å². The van der Waals surface area contributed by atoms with Gasteiger partial charge in [-0.25, -0.2) is 0 Å². The van der Waals surface area contributed by atoms with Crippen LogP contribution in [-0.2, 0) is 5.41 Å². The summed E-state index contributed by atoms with van der Waals surface area (Å²) in [5, 5.41) is 3.89. The van der Waals surface area contributed by atoms with Crippen LogP contribution in [0.2, 0.25) is 0 Å². The first-order valence-electron chi connectivity index (χ1n) is 3.55. The molecule has 0 aliphatic rings. The Hall–Kier alpha value is -0.0600. The maximum Gasteiger partial charge on any atom is 0.147 e. The van der Waals surface area contributed by atoms with Gasteiger partial charge in [0.15, 0.2) is 0 Å². The Morgan fingerprint density at radius 2 is 1.91 bits per heavy atom. The summed E-state index contributed by atoms with van der Waals surface area (Å²) in [4.78, 5) is 0. The number of hydrogen-bond acceptors (Lipinski definition) is 2. The Kier molecular flexibility index (Phi) is 2.27. The molecule has 62 valence electrons. The van der Waals surface area contributed by atoms with Gasteiger partial charge in [0.2, 0.25) is 0 Å². The first kappa shape index (κ1) is 9.03. The molecule has 0 bridgehead atoms. The molecule has 0 fully saturated rings. The van der Waals surface area contributed by atoms with Crippen molar-refractivity contribution in [3.05, 3.63) is 15.0 Å². The molecule has 0 amide bonds. The molecule has 0 atom stereocenters. The van der Waals surface area contributed by atoms with E-state index in [9.17, 15) is 0 Å². The number of aromatic nitrogens is 1. The minimum Gasteiger partial charge on any atom is -0.359 e. The third kappa shape index (κ3) is 1.75. The predicted molar refractivity (Wildman–Crippen MR) is 52.7 cm³/mol. The van der Waals surface area contributed by atoms with Crippen LogP contribution in [-0.4, -0.2) is 5.16 Å². The third-order valence-electron chi connectivity index (χ3n) is 1.55. The lowest BCUT2D eigenvalue weighted by Crippen LogP contribution is -2.11. The van der Waals surface area contributed by atoms with E-state index in [0.29, 0.717) is 0 Å². The summed E-state index contributed by atoms with van der Waals surface area (Å²) in [6, 6.07) is 0. The molecule has 0 saturated heterocycles. The molecule has 1 aromatic rings. The van der Waals surface area contributed by atoms with Crippen molar-refractivity contribution >= 4 is 22.6 Å². The van der Waals surface area contributed by atoms with Gasteiger partial charge in [0.25, 0.3) is 0 Å². The molecule has 1 heterocycles. The van der Waals surface area contributed by atoms with E-state index in [0.717, 1.165) is 15.0 Å². The van der Waals surface area contributed by atoms with E-state index in [-0.39, 0.29) is 5.41 Å². The largest absolute Gasteiger partial charge is 0.359 e. The summed E-state index contributed by atoms with van der Waals surface area (Å²) in [7, 11) is 0. The van der Waals surface area contributed by atoms with Crippen LogP contribution >= 0.6 is 22.6 Å². The standard InChI is InChI=1S/C8H12INO/c1-5-6(8(2,3)4)11-10-7(5)9/h1-4H3. The topological polar surface area (TPSA) is 26.0 Å². The van der Waals surface area contributed by atoms with E-state index < -0.39 is 0 Å². The molecular formula is C8H12INO. The molecule has 2 nitrogen and oxygen atoms in total. The first-order chi connectivity index (χ1) is 4.93. The molecule has 0 aliphatic heterocycles. The summed E-state index contributed by atoms with van der Waals surface area (Å²) in [5.74, 6) is 0.988. The lowest BCUT2D eigenvalue weighted by atomic mass is 9.91. The van der Waals surface area contributed by atoms with Crippen LogP contribution in [0.5, 0.6) is 0 Å². The predicted octanol–water partition coefficient (Wildman–Crippen LogP) is 2.89. The second-order valence-electron chi connectivity index (χ2n) is 3.68. The van der Waals surface area contributed by atoms with Gasteiger partial charge in [-0.15, -0.1) is 0 Å². The lowest BCUT2D eigenvalue weighted by Gasteiger charge is -2.14. The number of hydrogen-bond donors (Lipinski definition) is 0. The maximum atomic E-state index is 5.20. The molecular weight excluding hydrogens is 253 g/mol. The van der Waals surface area contributed by atoms with Crippen molar-refractivity contribution in [3.8, 4) is 0 Å². The molecule has 1 aromatic heterocycles. The number of nitrogens with zero attached hydrogens (tertiary/aromatic N) is 1. The average molecular weight is 265 g/mol. The quantitative estimate of drug-likeness (QED) is 0.674. The highest BCUT2D eigenvalue weighted by Crippen LogP contribution is 2.27. The molecule has 1 rings (SSSR count). The summed E-state index contributed by atoms with van der Waals surface area (Å²) in [6.45, 7) is 8.41. The molecule has 0 saturated carbocycles. The number of rotatable bonds is 0. The zero-order valence-corrected chi connectivity index (χ0v) is 9.39. The smallest absolute Gasteiger partial charge is 0.147 e. The SMILES string of the molecule is Cc1c(I)noc1C(C)(C)C. The van der Waals surface area contributed by atoms with Crippen molar-refractivity contribution in [2.75, 3.05) is 0 Å². The van der Waals surface area contributed by atoms with Gasteiger partial charge in [0, 0.05) is 11.0 Å². The second-order valence-corrected chi connectivity index (χ2v) is 4.70. The second kappa shape index (κ2) is 2.77. The minimum atomic E-state index is 0.0699. The number of halogens is 1. The minimum absolute atomic E-state index is 0.0699. The Balaban J connectivity index is 3.15.